The summed E-state index contributed by atoms with van der Waals surface area (Å²) >= 11 is 0. The largest absolute Gasteiger partial charge is 0.496 e. The lowest BCUT2D eigenvalue weighted by Crippen LogP contribution is -1.96. The van der Waals surface area contributed by atoms with Crippen molar-refractivity contribution in [3.05, 3.63) is 69.8 Å². The highest BCUT2D eigenvalue weighted by Crippen LogP contribution is 2.26. The average Bonchev–Trinajstić information content (AvgIpc) is 2.39. The van der Waals surface area contributed by atoms with E-state index in [0.29, 0.717) is 12.2 Å². The van der Waals surface area contributed by atoms with Crippen molar-refractivity contribution < 1.29 is 9.66 Å². The van der Waals surface area contributed by atoms with Crippen LogP contribution in [0.3, 0.4) is 0 Å². The first-order chi connectivity index (χ1) is 8.70. The molecule has 0 aliphatic carbocycles. The number of hydrogen-bond acceptors (Lipinski definition) is 3. The van der Waals surface area contributed by atoms with Gasteiger partial charge < -0.3 is 4.74 Å². The van der Waals surface area contributed by atoms with E-state index in [-0.39, 0.29) is 5.69 Å². The molecule has 0 bridgehead atoms. The van der Waals surface area contributed by atoms with Crippen LogP contribution in [-0.4, -0.2) is 12.0 Å². The second-order valence-corrected chi connectivity index (χ2v) is 3.92. The van der Waals surface area contributed by atoms with Gasteiger partial charge >= 0.3 is 0 Å². The smallest absolute Gasteiger partial charge is 0.269 e. The van der Waals surface area contributed by atoms with E-state index >= 15 is 0 Å². The van der Waals surface area contributed by atoms with E-state index in [2.05, 4.69) is 0 Å². The molecule has 0 amide bonds. The van der Waals surface area contributed by atoms with Crippen LogP contribution in [0, 0.1) is 10.1 Å². The Labute approximate surface area is 105 Å². The van der Waals surface area contributed by atoms with Gasteiger partial charge in [-0.2, -0.15) is 0 Å². The van der Waals surface area contributed by atoms with Crippen LogP contribution in [0.2, 0.25) is 0 Å². The van der Waals surface area contributed by atoms with E-state index in [1.54, 1.807) is 19.2 Å². The monoisotopic (exact) mass is 243 g/mol. The van der Waals surface area contributed by atoms with Crippen molar-refractivity contribution >= 4 is 5.69 Å². The standard InChI is InChI=1S/C14H13NO3/c1-18-14-8-7-13(15(16)17)10-12(14)9-11-5-3-2-4-6-11/h2-8,10H,9H2,1H3. The number of ether oxygens (including phenoxy) is 1. The van der Waals surface area contributed by atoms with Gasteiger partial charge in [-0.15, -0.1) is 0 Å². The number of nitrogens with zero attached hydrogens (tertiary/aromatic N) is 1. The van der Waals surface area contributed by atoms with Crippen LogP contribution < -0.4 is 4.74 Å². The maximum Gasteiger partial charge on any atom is 0.269 e. The molecule has 2 aromatic rings. The third kappa shape index (κ3) is 2.66. The van der Waals surface area contributed by atoms with Crippen LogP contribution in [0.15, 0.2) is 48.5 Å². The van der Waals surface area contributed by atoms with Gasteiger partial charge in [-0.1, -0.05) is 30.3 Å². The Hall–Kier alpha value is -2.36. The fourth-order valence-corrected chi connectivity index (χ4v) is 1.83. The molecule has 4 nitrogen and oxygen atoms in total. The van der Waals surface area contributed by atoms with Gasteiger partial charge in [0.25, 0.3) is 5.69 Å². The third-order valence-electron chi connectivity index (χ3n) is 2.71. The minimum Gasteiger partial charge on any atom is -0.496 e. The summed E-state index contributed by atoms with van der Waals surface area (Å²) in [6.45, 7) is 0. The van der Waals surface area contributed by atoms with Crippen LogP contribution >= 0.6 is 0 Å². The van der Waals surface area contributed by atoms with Gasteiger partial charge in [0.1, 0.15) is 5.75 Å². The molecular formula is C14H13NO3. The quantitative estimate of drug-likeness (QED) is 0.612. The number of benzene rings is 2. The van der Waals surface area contributed by atoms with Crippen LogP contribution in [-0.2, 0) is 6.42 Å². The first-order valence-corrected chi connectivity index (χ1v) is 5.56. The summed E-state index contributed by atoms with van der Waals surface area (Å²) in [7, 11) is 1.57. The second-order valence-electron chi connectivity index (χ2n) is 3.92. The molecule has 0 unspecified atom stereocenters. The Kier molecular flexibility index (Phi) is 3.57. The van der Waals surface area contributed by atoms with Crippen molar-refractivity contribution in [2.75, 3.05) is 7.11 Å². The molecule has 0 heterocycles. The Morgan fingerprint density at radius 3 is 2.50 bits per heavy atom. The molecule has 0 N–H and O–H groups in total. The molecular weight excluding hydrogens is 230 g/mol. The zero-order chi connectivity index (χ0) is 13.0. The second kappa shape index (κ2) is 5.31. The van der Waals surface area contributed by atoms with Crippen molar-refractivity contribution in [1.82, 2.24) is 0 Å². The summed E-state index contributed by atoms with van der Waals surface area (Å²) in [6, 6.07) is 14.4. The summed E-state index contributed by atoms with van der Waals surface area (Å²) in [5.74, 6) is 0.671. The molecule has 2 aromatic carbocycles. The summed E-state index contributed by atoms with van der Waals surface area (Å²) in [4.78, 5) is 10.4. The lowest BCUT2D eigenvalue weighted by atomic mass is 10.0. The highest BCUT2D eigenvalue weighted by Gasteiger charge is 2.11. The van der Waals surface area contributed by atoms with E-state index in [1.165, 1.54) is 6.07 Å². The molecule has 18 heavy (non-hydrogen) atoms. The number of non-ortho nitro benzene ring substituents is 1. The van der Waals surface area contributed by atoms with Gasteiger partial charge in [0, 0.05) is 24.1 Å². The van der Waals surface area contributed by atoms with E-state index < -0.39 is 4.92 Å². The maximum absolute atomic E-state index is 10.8. The van der Waals surface area contributed by atoms with Gasteiger partial charge in [0.15, 0.2) is 0 Å². The molecule has 0 saturated carbocycles. The molecule has 0 atom stereocenters. The van der Waals surface area contributed by atoms with Gasteiger partial charge in [-0.25, -0.2) is 0 Å². The van der Waals surface area contributed by atoms with Gasteiger partial charge in [-0.05, 0) is 11.6 Å². The molecule has 2 rings (SSSR count). The van der Waals surface area contributed by atoms with Crippen molar-refractivity contribution in [2.24, 2.45) is 0 Å². The molecule has 0 fully saturated rings. The predicted molar refractivity (Wildman–Crippen MR) is 68.9 cm³/mol. The van der Waals surface area contributed by atoms with E-state index in [4.69, 9.17) is 4.74 Å². The molecule has 0 radical (unpaired) electrons. The lowest BCUT2D eigenvalue weighted by molar-refractivity contribution is -0.384. The van der Waals surface area contributed by atoms with E-state index in [9.17, 15) is 10.1 Å². The summed E-state index contributed by atoms with van der Waals surface area (Å²) < 4.78 is 5.23. The van der Waals surface area contributed by atoms with Gasteiger partial charge in [0.2, 0.25) is 0 Å². The predicted octanol–water partition coefficient (Wildman–Crippen LogP) is 3.19. The van der Waals surface area contributed by atoms with Crippen LogP contribution in [0.5, 0.6) is 5.75 Å². The molecule has 92 valence electrons. The van der Waals surface area contributed by atoms with E-state index in [0.717, 1.165) is 11.1 Å². The lowest BCUT2D eigenvalue weighted by Gasteiger charge is -2.08. The van der Waals surface area contributed by atoms with Crippen molar-refractivity contribution in [1.29, 1.82) is 0 Å². The van der Waals surface area contributed by atoms with Crippen LogP contribution in [0.25, 0.3) is 0 Å². The maximum atomic E-state index is 10.8. The van der Waals surface area contributed by atoms with Crippen molar-refractivity contribution in [2.45, 2.75) is 6.42 Å². The highest BCUT2D eigenvalue weighted by atomic mass is 16.6. The molecule has 0 aromatic heterocycles. The highest BCUT2D eigenvalue weighted by molar-refractivity contribution is 5.45. The molecule has 0 spiro atoms. The van der Waals surface area contributed by atoms with Crippen molar-refractivity contribution in [3.8, 4) is 5.75 Å². The Balaban J connectivity index is 2.35. The Morgan fingerprint density at radius 2 is 1.89 bits per heavy atom. The summed E-state index contributed by atoms with van der Waals surface area (Å²) in [6.07, 6.45) is 0.617. The van der Waals surface area contributed by atoms with Crippen molar-refractivity contribution in [3.63, 3.8) is 0 Å². The normalized spacial score (nSPS) is 10.1. The first kappa shape index (κ1) is 12.1. The summed E-state index contributed by atoms with van der Waals surface area (Å²) in [5.41, 5.74) is 2.00. The molecule has 0 aliphatic heterocycles. The average molecular weight is 243 g/mol. The molecule has 0 saturated heterocycles. The van der Waals surface area contributed by atoms with E-state index in [1.807, 2.05) is 30.3 Å². The number of hydrogen-bond donors (Lipinski definition) is 0. The first-order valence-electron chi connectivity index (χ1n) is 5.56. The third-order valence-corrected chi connectivity index (χ3v) is 2.71. The van der Waals surface area contributed by atoms with Gasteiger partial charge in [-0.3, -0.25) is 10.1 Å². The zero-order valence-electron chi connectivity index (χ0n) is 10.00. The minimum absolute atomic E-state index is 0.0849. The van der Waals surface area contributed by atoms with Crippen LogP contribution in [0.1, 0.15) is 11.1 Å². The van der Waals surface area contributed by atoms with Crippen LogP contribution in [0.4, 0.5) is 5.69 Å². The number of methoxy groups -OCH3 is 1. The topological polar surface area (TPSA) is 52.4 Å². The molecule has 4 heteroatoms. The Morgan fingerprint density at radius 1 is 1.17 bits per heavy atom. The fraction of sp³-hybridized carbons (Fsp3) is 0.143. The van der Waals surface area contributed by atoms with Gasteiger partial charge in [0.05, 0.1) is 12.0 Å². The number of rotatable bonds is 4. The SMILES string of the molecule is COc1ccc([N+](=O)[O-])cc1Cc1ccccc1. The zero-order valence-corrected chi connectivity index (χ0v) is 10.00. The fourth-order valence-electron chi connectivity index (χ4n) is 1.83. The Bertz CT molecular complexity index is 552. The number of nitro benzene ring substituents is 1. The number of nitro groups is 1. The minimum atomic E-state index is -0.395. The molecule has 0 aliphatic rings. The summed E-state index contributed by atoms with van der Waals surface area (Å²) in [5, 5.41) is 10.8.